The molecule has 0 aliphatic carbocycles. The zero-order valence-electron chi connectivity index (χ0n) is 27.6. The molecule has 0 aromatic rings. The summed E-state index contributed by atoms with van der Waals surface area (Å²) < 4.78 is 20.7. The van der Waals surface area contributed by atoms with Crippen LogP contribution in [0.2, 0.25) is 0 Å². The van der Waals surface area contributed by atoms with Gasteiger partial charge in [0.15, 0.2) is 0 Å². The highest BCUT2D eigenvalue weighted by Gasteiger charge is 2.21. The van der Waals surface area contributed by atoms with Gasteiger partial charge in [0.1, 0.15) is 19.3 Å². The van der Waals surface area contributed by atoms with Crippen LogP contribution < -0.4 is 21.7 Å². The molecule has 0 saturated heterocycles. The number of ether oxygens (including phenoxy) is 4. The van der Waals surface area contributed by atoms with E-state index < -0.39 is 35.7 Å². The number of aliphatic carboxylic acids is 2. The first-order valence-electron chi connectivity index (χ1n) is 16.5. The van der Waals surface area contributed by atoms with Gasteiger partial charge in [0.2, 0.25) is 23.6 Å². The van der Waals surface area contributed by atoms with Gasteiger partial charge in [0.05, 0.1) is 39.6 Å². The van der Waals surface area contributed by atoms with Crippen molar-refractivity contribution in [2.75, 3.05) is 65.9 Å². The van der Waals surface area contributed by atoms with Crippen LogP contribution in [0.4, 0.5) is 0 Å². The third kappa shape index (κ3) is 32.4. The van der Waals surface area contributed by atoms with Crippen LogP contribution in [0.25, 0.3) is 0 Å². The van der Waals surface area contributed by atoms with Crippen LogP contribution in [0.15, 0.2) is 0 Å². The Morgan fingerprint density at radius 3 is 1.47 bits per heavy atom. The van der Waals surface area contributed by atoms with Gasteiger partial charge in [-0.05, 0) is 19.3 Å². The molecule has 7 N–H and O–H groups in total. The van der Waals surface area contributed by atoms with E-state index in [4.69, 9.17) is 29.8 Å². The fraction of sp³-hybridized carbons (Fsp3) is 0.806. The lowest BCUT2D eigenvalue weighted by Gasteiger charge is -2.14. The van der Waals surface area contributed by atoms with Gasteiger partial charge in [-0.1, -0.05) is 51.4 Å². The summed E-state index contributed by atoms with van der Waals surface area (Å²) in [5.74, 6) is -3.64. The number of amides is 4. The molecule has 0 spiro atoms. The third-order valence-electron chi connectivity index (χ3n) is 6.70. The summed E-state index contributed by atoms with van der Waals surface area (Å²) in [6.45, 7) is 1.17. The van der Waals surface area contributed by atoms with Crippen LogP contribution in [-0.4, -0.2) is 118 Å². The molecule has 16 nitrogen and oxygen atoms in total. The maximum Gasteiger partial charge on any atom is 0.326 e. The van der Waals surface area contributed by atoms with Crippen molar-refractivity contribution in [2.24, 2.45) is 5.73 Å². The van der Waals surface area contributed by atoms with E-state index in [-0.39, 0.29) is 84.6 Å². The zero-order chi connectivity index (χ0) is 35.0. The lowest BCUT2D eigenvalue weighted by molar-refractivity contribution is -0.143. The third-order valence-corrected chi connectivity index (χ3v) is 6.70. The normalized spacial score (nSPS) is 11.5. The summed E-state index contributed by atoms with van der Waals surface area (Å²) >= 11 is 0. The number of nitrogens with two attached hydrogens (primary N) is 1. The summed E-state index contributed by atoms with van der Waals surface area (Å²) in [6.07, 6.45) is 10.9. The number of nitrogens with one attached hydrogen (secondary N) is 3. The van der Waals surface area contributed by atoms with E-state index in [2.05, 4.69) is 16.0 Å². The quantitative estimate of drug-likeness (QED) is 0.0521. The van der Waals surface area contributed by atoms with Crippen LogP contribution in [0, 0.1) is 0 Å². The Balaban J connectivity index is 3.66. The fourth-order valence-electron chi connectivity index (χ4n) is 4.22. The summed E-state index contributed by atoms with van der Waals surface area (Å²) in [4.78, 5) is 68.4. The van der Waals surface area contributed by atoms with Gasteiger partial charge >= 0.3 is 11.9 Å². The molecule has 272 valence electrons. The number of hydrogen-bond donors (Lipinski definition) is 6. The molecule has 1 atom stereocenters. The maximum atomic E-state index is 12.0. The SMILES string of the molecule is NC(=O)COCCOCCNC(=O)CC[C@H](NC(=O)COCCOCCNC(=O)CCCCCCCCCCCCC(=O)O)C(=O)O. The van der Waals surface area contributed by atoms with Crippen LogP contribution in [0.5, 0.6) is 0 Å². The molecular weight excluding hydrogens is 620 g/mol. The molecule has 0 rings (SSSR count). The second-order valence-corrected chi connectivity index (χ2v) is 10.9. The average molecular weight is 677 g/mol. The molecule has 0 unspecified atom stereocenters. The molecule has 0 aliphatic heterocycles. The second kappa shape index (κ2) is 31.3. The van der Waals surface area contributed by atoms with E-state index in [1.54, 1.807) is 0 Å². The van der Waals surface area contributed by atoms with Gasteiger partial charge in [-0.15, -0.1) is 0 Å². The van der Waals surface area contributed by atoms with E-state index in [1.807, 2.05) is 0 Å². The number of carbonyl (C=O) groups excluding carboxylic acids is 4. The Hall–Kier alpha value is -3.34. The lowest BCUT2D eigenvalue weighted by atomic mass is 10.1. The Kier molecular flexibility index (Phi) is 29.0. The number of carboxylic acids is 2. The van der Waals surface area contributed by atoms with E-state index >= 15 is 0 Å². The summed E-state index contributed by atoms with van der Waals surface area (Å²) in [7, 11) is 0. The Bertz CT molecular complexity index is 891. The summed E-state index contributed by atoms with van der Waals surface area (Å²) in [5.41, 5.74) is 4.93. The smallest absolute Gasteiger partial charge is 0.326 e. The fourth-order valence-corrected chi connectivity index (χ4v) is 4.22. The first-order chi connectivity index (χ1) is 22.6. The van der Waals surface area contributed by atoms with Crippen molar-refractivity contribution in [2.45, 2.75) is 95.9 Å². The molecule has 0 saturated carbocycles. The highest BCUT2D eigenvalue weighted by atomic mass is 16.5. The van der Waals surface area contributed by atoms with Gasteiger partial charge in [-0.2, -0.15) is 0 Å². The second-order valence-electron chi connectivity index (χ2n) is 10.9. The van der Waals surface area contributed by atoms with Crippen molar-refractivity contribution in [3.05, 3.63) is 0 Å². The first-order valence-corrected chi connectivity index (χ1v) is 16.5. The van der Waals surface area contributed by atoms with Crippen molar-refractivity contribution < 1.29 is 57.9 Å². The van der Waals surface area contributed by atoms with Gasteiger partial charge in [0.25, 0.3) is 0 Å². The minimum absolute atomic E-state index is 0.0249. The van der Waals surface area contributed by atoms with Crippen molar-refractivity contribution in [3.63, 3.8) is 0 Å². The summed E-state index contributed by atoms with van der Waals surface area (Å²) in [6, 6.07) is -1.26. The van der Waals surface area contributed by atoms with E-state index in [9.17, 15) is 33.9 Å². The van der Waals surface area contributed by atoms with Crippen LogP contribution in [0.3, 0.4) is 0 Å². The number of hydrogen-bond acceptors (Lipinski definition) is 10. The maximum absolute atomic E-state index is 12.0. The minimum Gasteiger partial charge on any atom is -0.481 e. The zero-order valence-corrected chi connectivity index (χ0v) is 27.6. The molecule has 16 heteroatoms. The van der Waals surface area contributed by atoms with E-state index in [0.29, 0.717) is 13.0 Å². The molecule has 4 amide bonds. The molecule has 0 radical (unpaired) electrons. The average Bonchev–Trinajstić information content (AvgIpc) is 3.01. The number of carbonyl (C=O) groups is 6. The highest BCUT2D eigenvalue weighted by molar-refractivity contribution is 5.85. The first kappa shape index (κ1) is 43.7. The molecule has 0 aliphatic rings. The molecule has 0 bridgehead atoms. The van der Waals surface area contributed by atoms with Crippen molar-refractivity contribution in [1.29, 1.82) is 0 Å². The van der Waals surface area contributed by atoms with Gasteiger partial charge in [0, 0.05) is 32.4 Å². The lowest BCUT2D eigenvalue weighted by Crippen LogP contribution is -2.43. The monoisotopic (exact) mass is 676 g/mol. The van der Waals surface area contributed by atoms with Crippen LogP contribution in [0.1, 0.15) is 89.9 Å². The molecule has 0 aromatic heterocycles. The van der Waals surface area contributed by atoms with Crippen LogP contribution in [-0.2, 0) is 47.7 Å². The standard InChI is InChI=1S/C31H56N4O12/c32-26(36)23-46-21-19-44-18-16-34-28(38)14-13-25(31(42)43)35-29(39)24-47-22-20-45-17-15-33-27(37)11-9-7-5-3-1-2-4-6-8-10-12-30(40)41/h25H,1-24H2,(H2,32,36)(H,33,37)(H,34,38)(H,35,39)(H,40,41)(H,42,43)/t25-/m0/s1. The van der Waals surface area contributed by atoms with Crippen molar-refractivity contribution in [3.8, 4) is 0 Å². The van der Waals surface area contributed by atoms with Gasteiger partial charge < -0.3 is 50.8 Å². The Labute approximate surface area is 277 Å². The number of primary amides is 1. The molecular formula is C31H56N4O12. The minimum atomic E-state index is -1.27. The predicted molar refractivity (Wildman–Crippen MR) is 170 cm³/mol. The topological polar surface area (TPSA) is 242 Å². The predicted octanol–water partition coefficient (Wildman–Crippen LogP) is 0.886. The van der Waals surface area contributed by atoms with Crippen molar-refractivity contribution in [1.82, 2.24) is 16.0 Å². The van der Waals surface area contributed by atoms with Crippen molar-refractivity contribution >= 4 is 35.6 Å². The molecule has 0 aromatic carbocycles. The van der Waals surface area contributed by atoms with Gasteiger partial charge in [-0.3, -0.25) is 24.0 Å². The molecule has 47 heavy (non-hydrogen) atoms. The largest absolute Gasteiger partial charge is 0.481 e. The summed E-state index contributed by atoms with van der Waals surface area (Å²) in [5, 5.41) is 25.7. The number of rotatable bonds is 34. The Morgan fingerprint density at radius 2 is 0.979 bits per heavy atom. The molecule has 0 fully saturated rings. The Morgan fingerprint density at radius 1 is 0.532 bits per heavy atom. The number of carboxylic acid groups (broad SMARTS) is 2. The number of unbranched alkanes of at least 4 members (excludes halogenated alkanes) is 9. The highest BCUT2D eigenvalue weighted by Crippen LogP contribution is 2.12. The van der Waals surface area contributed by atoms with Crippen LogP contribution >= 0.6 is 0 Å². The van der Waals surface area contributed by atoms with E-state index in [0.717, 1.165) is 51.4 Å². The molecule has 0 heterocycles. The van der Waals surface area contributed by atoms with Gasteiger partial charge in [-0.25, -0.2) is 4.79 Å². The van der Waals surface area contributed by atoms with E-state index in [1.165, 1.54) is 12.8 Å².